The summed E-state index contributed by atoms with van der Waals surface area (Å²) < 4.78 is 9.91. The molecule has 1 N–H and O–H groups in total. The van der Waals surface area contributed by atoms with E-state index in [0.29, 0.717) is 17.1 Å². The molecule has 15 heavy (non-hydrogen) atoms. The first kappa shape index (κ1) is 9.73. The van der Waals surface area contributed by atoms with Crippen molar-refractivity contribution in [1.82, 2.24) is 0 Å². The Morgan fingerprint density at radius 3 is 2.87 bits per heavy atom. The lowest BCUT2D eigenvalue weighted by Gasteiger charge is -1.98. The zero-order chi connectivity index (χ0) is 10.8. The Bertz CT molecular complexity index is 423. The number of aliphatic hydroxyl groups is 1. The number of benzene rings is 1. The van der Waals surface area contributed by atoms with E-state index in [1.807, 2.05) is 0 Å². The van der Waals surface area contributed by atoms with Gasteiger partial charge in [-0.05, 0) is 36.3 Å². The van der Waals surface area contributed by atoms with E-state index in [-0.39, 0.29) is 0 Å². The summed E-state index contributed by atoms with van der Waals surface area (Å²) in [7, 11) is 0. The number of carbonyl (C=O) groups excluding carboxylic acids is 1. The number of hydrogen-bond donors (Lipinski definition) is 1. The molecule has 1 unspecified atom stereocenters. The molecular weight excluding hydrogens is 196 g/mol. The molecule has 0 fully saturated rings. The molecular formula is C11H10O4. The molecule has 0 spiro atoms. The van der Waals surface area contributed by atoms with Crippen LogP contribution in [-0.2, 0) is 4.79 Å². The second kappa shape index (κ2) is 3.74. The molecule has 1 aliphatic heterocycles. The Labute approximate surface area is 86.7 Å². The molecule has 0 aromatic heterocycles. The number of carbonyl (C=O) groups is 1. The van der Waals surface area contributed by atoms with Gasteiger partial charge in [-0.25, -0.2) is 0 Å². The number of aliphatic hydroxyl groups excluding tert-OH is 1. The van der Waals surface area contributed by atoms with Crippen LogP contribution in [0.3, 0.4) is 0 Å². The second-order valence-corrected chi connectivity index (χ2v) is 3.26. The van der Waals surface area contributed by atoms with Crippen molar-refractivity contribution in [3.8, 4) is 11.5 Å². The van der Waals surface area contributed by atoms with Gasteiger partial charge in [-0.3, -0.25) is 4.79 Å². The van der Waals surface area contributed by atoms with Crippen molar-refractivity contribution in [1.29, 1.82) is 0 Å². The minimum absolute atomic E-state index is 0.481. The second-order valence-electron chi connectivity index (χ2n) is 3.26. The number of fused-ring (bicyclic) bond motifs is 1. The van der Waals surface area contributed by atoms with Crippen LogP contribution in [0.25, 0.3) is 6.08 Å². The van der Waals surface area contributed by atoms with E-state index in [1.54, 1.807) is 31.2 Å². The summed E-state index contributed by atoms with van der Waals surface area (Å²) in [4.78, 5) is 10.4. The van der Waals surface area contributed by atoms with Crippen molar-refractivity contribution >= 4 is 12.4 Å². The minimum Gasteiger partial charge on any atom is -0.428 e. The van der Waals surface area contributed by atoms with Gasteiger partial charge in [0.2, 0.25) is 0 Å². The summed E-state index contributed by atoms with van der Waals surface area (Å²) in [5, 5.41) is 9.05. The first-order valence-electron chi connectivity index (χ1n) is 4.48. The van der Waals surface area contributed by atoms with Gasteiger partial charge < -0.3 is 14.6 Å². The normalized spacial score (nSPS) is 19.1. The van der Waals surface area contributed by atoms with E-state index in [4.69, 9.17) is 14.6 Å². The van der Waals surface area contributed by atoms with Crippen LogP contribution in [0.1, 0.15) is 12.5 Å². The zero-order valence-electron chi connectivity index (χ0n) is 8.14. The highest BCUT2D eigenvalue weighted by Gasteiger charge is 2.21. The fraction of sp³-hybridized carbons (Fsp3) is 0.182. The Morgan fingerprint density at radius 2 is 2.13 bits per heavy atom. The van der Waals surface area contributed by atoms with Crippen molar-refractivity contribution in [3.05, 3.63) is 29.3 Å². The zero-order valence-corrected chi connectivity index (χ0v) is 8.14. The van der Waals surface area contributed by atoms with Gasteiger partial charge in [-0.2, -0.15) is 0 Å². The molecule has 0 amide bonds. The van der Waals surface area contributed by atoms with Crippen LogP contribution in [-0.4, -0.2) is 17.9 Å². The molecule has 1 aromatic rings. The van der Waals surface area contributed by atoms with E-state index in [2.05, 4.69) is 0 Å². The smallest absolute Gasteiger partial charge is 0.358 e. The van der Waals surface area contributed by atoms with E-state index in [1.165, 1.54) is 0 Å². The summed E-state index contributed by atoms with van der Waals surface area (Å²) >= 11 is 0. The van der Waals surface area contributed by atoms with Crippen LogP contribution in [0.2, 0.25) is 0 Å². The molecule has 1 atom stereocenters. The van der Waals surface area contributed by atoms with Crippen molar-refractivity contribution in [3.63, 3.8) is 0 Å². The highest BCUT2D eigenvalue weighted by Crippen LogP contribution is 2.34. The van der Waals surface area contributed by atoms with Crippen LogP contribution in [0, 0.1) is 0 Å². The number of ether oxygens (including phenoxy) is 2. The Morgan fingerprint density at radius 1 is 1.40 bits per heavy atom. The average Bonchev–Trinajstić information content (AvgIpc) is 2.57. The minimum atomic E-state index is -1.23. The predicted molar refractivity (Wildman–Crippen MR) is 53.4 cm³/mol. The van der Waals surface area contributed by atoms with E-state index in [0.717, 1.165) is 11.8 Å². The van der Waals surface area contributed by atoms with Crippen LogP contribution in [0.15, 0.2) is 23.8 Å². The lowest BCUT2D eigenvalue weighted by atomic mass is 10.1. The summed E-state index contributed by atoms with van der Waals surface area (Å²) in [6.07, 6.45) is 2.50. The summed E-state index contributed by atoms with van der Waals surface area (Å²) in [5.41, 5.74) is 1.45. The summed E-state index contributed by atoms with van der Waals surface area (Å²) in [6.45, 7) is 0.485. The highest BCUT2D eigenvalue weighted by atomic mass is 16.8. The van der Waals surface area contributed by atoms with E-state index in [9.17, 15) is 4.79 Å². The standard InChI is InChI=1S/C11H10O4/c1-7(6-12)4-8-2-3-9-10(5-8)15-11(13)14-9/h2-6,11,13H,1H3. The molecule has 1 aliphatic rings. The number of allylic oxidation sites excluding steroid dienone is 1. The van der Waals surface area contributed by atoms with Gasteiger partial charge in [0, 0.05) is 0 Å². The van der Waals surface area contributed by atoms with Crippen molar-refractivity contribution < 1.29 is 19.4 Å². The maximum Gasteiger partial charge on any atom is 0.358 e. The molecule has 0 saturated carbocycles. The van der Waals surface area contributed by atoms with Gasteiger partial charge in [0.1, 0.15) is 6.29 Å². The molecule has 0 bridgehead atoms. The monoisotopic (exact) mass is 206 g/mol. The molecule has 78 valence electrons. The molecule has 0 saturated heterocycles. The van der Waals surface area contributed by atoms with Crippen LogP contribution < -0.4 is 9.47 Å². The lowest BCUT2D eigenvalue weighted by Crippen LogP contribution is -2.15. The molecule has 1 heterocycles. The number of aldehydes is 1. The Hall–Kier alpha value is -1.81. The van der Waals surface area contributed by atoms with Gasteiger partial charge in [0.15, 0.2) is 11.5 Å². The quantitative estimate of drug-likeness (QED) is 0.586. The Balaban J connectivity index is 2.31. The fourth-order valence-electron chi connectivity index (χ4n) is 1.34. The number of rotatable bonds is 2. The third-order valence-electron chi connectivity index (χ3n) is 2.00. The van der Waals surface area contributed by atoms with Crippen molar-refractivity contribution in [2.24, 2.45) is 0 Å². The number of hydrogen-bond acceptors (Lipinski definition) is 4. The Kier molecular flexibility index (Phi) is 2.43. The predicted octanol–water partition coefficient (Wildman–Crippen LogP) is 1.34. The van der Waals surface area contributed by atoms with Gasteiger partial charge >= 0.3 is 6.48 Å². The summed E-state index contributed by atoms with van der Waals surface area (Å²) in [6, 6.07) is 5.18. The third-order valence-corrected chi connectivity index (χ3v) is 2.00. The molecule has 1 aromatic carbocycles. The van der Waals surface area contributed by atoms with Gasteiger partial charge in [-0.15, -0.1) is 0 Å². The molecule has 2 rings (SSSR count). The molecule has 0 radical (unpaired) electrons. The van der Waals surface area contributed by atoms with Crippen LogP contribution in [0.4, 0.5) is 0 Å². The fourth-order valence-corrected chi connectivity index (χ4v) is 1.34. The molecule has 4 nitrogen and oxygen atoms in total. The largest absolute Gasteiger partial charge is 0.428 e. The maximum atomic E-state index is 10.4. The topological polar surface area (TPSA) is 55.8 Å². The van der Waals surface area contributed by atoms with Crippen LogP contribution in [0.5, 0.6) is 11.5 Å². The van der Waals surface area contributed by atoms with E-state index >= 15 is 0 Å². The first-order valence-corrected chi connectivity index (χ1v) is 4.48. The van der Waals surface area contributed by atoms with Gasteiger partial charge in [0.25, 0.3) is 0 Å². The SMILES string of the molecule is CC(C=O)=Cc1ccc2c(c1)OC(O)O2. The van der Waals surface area contributed by atoms with Gasteiger partial charge in [-0.1, -0.05) is 6.07 Å². The van der Waals surface area contributed by atoms with Crippen LogP contribution >= 0.6 is 0 Å². The van der Waals surface area contributed by atoms with Crippen molar-refractivity contribution in [2.75, 3.05) is 0 Å². The highest BCUT2D eigenvalue weighted by molar-refractivity contribution is 5.81. The average molecular weight is 206 g/mol. The molecule has 0 aliphatic carbocycles. The molecule has 4 heteroatoms. The lowest BCUT2D eigenvalue weighted by molar-refractivity contribution is -0.133. The third kappa shape index (κ3) is 1.99. The van der Waals surface area contributed by atoms with E-state index < -0.39 is 6.48 Å². The maximum absolute atomic E-state index is 10.4. The first-order chi connectivity index (χ1) is 7.19. The van der Waals surface area contributed by atoms with Gasteiger partial charge in [0.05, 0.1) is 0 Å². The van der Waals surface area contributed by atoms with Crippen molar-refractivity contribution in [2.45, 2.75) is 13.4 Å². The summed E-state index contributed by atoms with van der Waals surface area (Å²) in [5.74, 6) is 0.985.